The molecule has 1 atom stereocenters. The van der Waals surface area contributed by atoms with Crippen molar-refractivity contribution < 1.29 is 19.5 Å². The number of aliphatic carboxylic acids is 1. The van der Waals surface area contributed by atoms with E-state index in [1.165, 1.54) is 13.0 Å². The van der Waals surface area contributed by atoms with Crippen LogP contribution in [0.5, 0.6) is 0 Å². The Morgan fingerprint density at radius 2 is 2.10 bits per heavy atom. The zero-order chi connectivity index (χ0) is 16.0. The number of urea groups is 1. The van der Waals surface area contributed by atoms with Crippen LogP contribution in [0.3, 0.4) is 0 Å². The average Bonchev–Trinajstić information content (AvgIpc) is 2.32. The number of Topliss-reactive ketones (excluding diaryl/α,β-unsaturated/α-hetero) is 1. The summed E-state index contributed by atoms with van der Waals surface area (Å²) in [4.78, 5) is 50.9. The van der Waals surface area contributed by atoms with E-state index in [9.17, 15) is 19.2 Å². The third-order valence-corrected chi connectivity index (χ3v) is 2.49. The summed E-state index contributed by atoms with van der Waals surface area (Å²) in [5.41, 5.74) is -0.0374. The van der Waals surface area contributed by atoms with E-state index in [1.54, 1.807) is 6.92 Å². The summed E-state index contributed by atoms with van der Waals surface area (Å²) in [7, 11) is 0. The van der Waals surface area contributed by atoms with Gasteiger partial charge in [-0.15, -0.1) is 0 Å². The number of amides is 2. The third kappa shape index (κ3) is 5.85. The van der Waals surface area contributed by atoms with E-state index < -0.39 is 23.6 Å². The fourth-order valence-electron chi connectivity index (χ4n) is 1.55. The van der Waals surface area contributed by atoms with Crippen molar-refractivity contribution in [3.05, 3.63) is 22.1 Å². The van der Waals surface area contributed by atoms with E-state index in [2.05, 4.69) is 20.6 Å². The van der Waals surface area contributed by atoms with Crippen molar-refractivity contribution in [1.29, 1.82) is 0 Å². The van der Waals surface area contributed by atoms with Crippen LogP contribution in [-0.2, 0) is 9.59 Å². The number of hydrogen-bond acceptors (Lipinski definition) is 5. The van der Waals surface area contributed by atoms with Gasteiger partial charge in [-0.1, -0.05) is 0 Å². The Morgan fingerprint density at radius 3 is 2.62 bits per heavy atom. The number of nitrogens with one attached hydrogen (secondary N) is 3. The van der Waals surface area contributed by atoms with Crippen LogP contribution < -0.4 is 16.2 Å². The second-order valence-corrected chi connectivity index (χ2v) is 4.47. The Hall–Kier alpha value is -2.71. The van der Waals surface area contributed by atoms with Gasteiger partial charge in [-0.2, -0.15) is 0 Å². The molecule has 1 rings (SSSR count). The van der Waals surface area contributed by atoms with Gasteiger partial charge in [0.15, 0.2) is 0 Å². The molecule has 0 saturated heterocycles. The summed E-state index contributed by atoms with van der Waals surface area (Å²) < 4.78 is 0. The molecular weight excluding hydrogens is 280 g/mol. The Balaban J connectivity index is 2.67. The zero-order valence-corrected chi connectivity index (χ0v) is 11.6. The van der Waals surface area contributed by atoms with Crippen LogP contribution in [-0.4, -0.2) is 38.9 Å². The lowest BCUT2D eigenvalue weighted by Gasteiger charge is -2.14. The van der Waals surface area contributed by atoms with Crippen molar-refractivity contribution in [2.75, 3.05) is 5.32 Å². The minimum absolute atomic E-state index is 0.0180. The molecule has 0 aliphatic rings. The minimum atomic E-state index is -1.25. The Kier molecular flexibility index (Phi) is 5.58. The number of H-pyrrole nitrogens is 1. The molecule has 2 amide bonds. The van der Waals surface area contributed by atoms with Crippen molar-refractivity contribution in [3.8, 4) is 0 Å². The van der Waals surface area contributed by atoms with Gasteiger partial charge in [0.1, 0.15) is 11.8 Å². The Labute approximate surface area is 119 Å². The first-order valence-electron chi connectivity index (χ1n) is 6.15. The van der Waals surface area contributed by atoms with Gasteiger partial charge < -0.3 is 15.2 Å². The summed E-state index contributed by atoms with van der Waals surface area (Å²) in [5, 5.41) is 13.4. The normalized spacial score (nSPS) is 11.5. The van der Waals surface area contributed by atoms with Gasteiger partial charge in [0.2, 0.25) is 5.95 Å². The number of aryl methyl sites for hydroxylation is 1. The quantitative estimate of drug-likeness (QED) is 0.583. The number of carboxylic acids is 1. The molecule has 0 spiro atoms. The van der Waals surface area contributed by atoms with Crippen molar-refractivity contribution in [2.24, 2.45) is 0 Å². The largest absolute Gasteiger partial charge is 0.480 e. The number of carbonyl (C=O) groups is 3. The van der Waals surface area contributed by atoms with E-state index >= 15 is 0 Å². The number of anilines is 1. The highest BCUT2D eigenvalue weighted by Crippen LogP contribution is 2.00. The predicted octanol–water partition coefficient (Wildman–Crippen LogP) is 0.0222. The van der Waals surface area contributed by atoms with Gasteiger partial charge in [-0.3, -0.25) is 15.1 Å². The SMILES string of the molecule is CC(=O)CC[C@@H](NC(=O)Nc1nc(C)cc(=O)[nH]1)C(=O)O. The summed E-state index contributed by atoms with van der Waals surface area (Å²) in [6.07, 6.45) is 0.0205. The highest BCUT2D eigenvalue weighted by atomic mass is 16.4. The molecule has 0 bridgehead atoms. The molecule has 0 aliphatic heterocycles. The number of carboxylic acid groups (broad SMARTS) is 1. The van der Waals surface area contributed by atoms with Gasteiger partial charge in [0.05, 0.1) is 0 Å². The van der Waals surface area contributed by atoms with Crippen molar-refractivity contribution >= 4 is 23.7 Å². The van der Waals surface area contributed by atoms with Crippen LogP contribution in [0.15, 0.2) is 10.9 Å². The van der Waals surface area contributed by atoms with Crippen molar-refractivity contribution in [1.82, 2.24) is 15.3 Å². The van der Waals surface area contributed by atoms with E-state index in [0.717, 1.165) is 0 Å². The summed E-state index contributed by atoms with van der Waals surface area (Å²) in [6.45, 7) is 2.91. The second kappa shape index (κ2) is 7.17. The molecule has 4 N–H and O–H groups in total. The van der Waals surface area contributed by atoms with Crippen LogP contribution in [0, 0.1) is 6.92 Å². The summed E-state index contributed by atoms with van der Waals surface area (Å²) in [6, 6.07) is -0.791. The number of carbonyl (C=O) groups excluding carboxylic acids is 2. The molecule has 1 aromatic heterocycles. The molecule has 0 fully saturated rings. The molecular formula is C12H16N4O5. The lowest BCUT2D eigenvalue weighted by atomic mass is 10.1. The van der Waals surface area contributed by atoms with Crippen LogP contribution >= 0.6 is 0 Å². The number of aromatic amines is 1. The smallest absolute Gasteiger partial charge is 0.326 e. The van der Waals surface area contributed by atoms with Crippen LogP contribution in [0.4, 0.5) is 10.7 Å². The maximum Gasteiger partial charge on any atom is 0.326 e. The number of aromatic nitrogens is 2. The summed E-state index contributed by atoms with van der Waals surface area (Å²) in [5.74, 6) is -1.52. The van der Waals surface area contributed by atoms with E-state index in [4.69, 9.17) is 5.11 Å². The zero-order valence-electron chi connectivity index (χ0n) is 11.6. The molecule has 9 heteroatoms. The van der Waals surface area contributed by atoms with Gasteiger partial charge in [0.25, 0.3) is 5.56 Å². The minimum Gasteiger partial charge on any atom is -0.480 e. The number of rotatable bonds is 6. The number of hydrogen-bond donors (Lipinski definition) is 4. The van der Waals surface area contributed by atoms with Crippen LogP contribution in [0.2, 0.25) is 0 Å². The van der Waals surface area contributed by atoms with E-state index in [1.807, 2.05) is 0 Å². The highest BCUT2D eigenvalue weighted by Gasteiger charge is 2.20. The Bertz CT molecular complexity index is 610. The topological polar surface area (TPSA) is 141 Å². The van der Waals surface area contributed by atoms with Crippen LogP contribution in [0.25, 0.3) is 0 Å². The number of ketones is 1. The summed E-state index contributed by atoms with van der Waals surface area (Å²) >= 11 is 0. The monoisotopic (exact) mass is 296 g/mol. The first-order chi connectivity index (χ1) is 9.77. The van der Waals surface area contributed by atoms with Crippen molar-refractivity contribution in [2.45, 2.75) is 32.7 Å². The molecule has 0 unspecified atom stereocenters. The molecule has 0 aliphatic carbocycles. The fourth-order valence-corrected chi connectivity index (χ4v) is 1.55. The first kappa shape index (κ1) is 16.3. The maximum atomic E-state index is 11.7. The first-order valence-corrected chi connectivity index (χ1v) is 6.15. The third-order valence-electron chi connectivity index (χ3n) is 2.49. The molecule has 1 aromatic rings. The van der Waals surface area contributed by atoms with E-state index in [0.29, 0.717) is 5.69 Å². The average molecular weight is 296 g/mol. The molecule has 21 heavy (non-hydrogen) atoms. The van der Waals surface area contributed by atoms with Gasteiger partial charge in [-0.25, -0.2) is 14.6 Å². The van der Waals surface area contributed by atoms with Gasteiger partial charge >= 0.3 is 12.0 Å². The fraction of sp³-hybridized carbons (Fsp3) is 0.417. The molecule has 114 valence electrons. The molecule has 0 saturated carbocycles. The van der Waals surface area contributed by atoms with Crippen LogP contribution in [0.1, 0.15) is 25.5 Å². The Morgan fingerprint density at radius 1 is 1.43 bits per heavy atom. The molecule has 9 nitrogen and oxygen atoms in total. The highest BCUT2D eigenvalue weighted by molar-refractivity contribution is 5.91. The standard InChI is InChI=1S/C12H16N4O5/c1-6-5-9(18)15-11(13-6)16-12(21)14-8(10(19)20)4-3-7(2)17/h5,8H,3-4H2,1-2H3,(H,19,20)(H3,13,14,15,16,18,21)/t8-/m1/s1. The van der Waals surface area contributed by atoms with Crippen molar-refractivity contribution in [3.63, 3.8) is 0 Å². The van der Waals surface area contributed by atoms with Gasteiger partial charge in [0, 0.05) is 18.2 Å². The molecule has 0 aromatic carbocycles. The predicted molar refractivity (Wildman–Crippen MR) is 73.1 cm³/mol. The second-order valence-electron chi connectivity index (χ2n) is 4.47. The lowest BCUT2D eigenvalue weighted by Crippen LogP contribution is -2.43. The van der Waals surface area contributed by atoms with Gasteiger partial charge in [-0.05, 0) is 20.3 Å². The molecule has 0 radical (unpaired) electrons. The number of nitrogens with zero attached hydrogens (tertiary/aromatic N) is 1. The molecule has 1 heterocycles. The van der Waals surface area contributed by atoms with E-state index in [-0.39, 0.29) is 24.6 Å². The lowest BCUT2D eigenvalue weighted by molar-refractivity contribution is -0.139. The maximum absolute atomic E-state index is 11.7.